The molecule has 0 saturated heterocycles. The van der Waals surface area contributed by atoms with Crippen LogP contribution in [-0.2, 0) is 22.2 Å². The van der Waals surface area contributed by atoms with E-state index in [0.29, 0.717) is 12.1 Å². The molecule has 194 valence electrons. The summed E-state index contributed by atoms with van der Waals surface area (Å²) in [6.07, 6.45) is -5.54. The number of allylic oxidation sites excluding steroid dienone is 1. The molecule has 1 aromatic rings. The van der Waals surface area contributed by atoms with E-state index in [9.17, 15) is 48.0 Å². The Morgan fingerprint density at radius 2 is 1.78 bits per heavy atom. The normalized spacial score (nSPS) is 28.2. The number of carbonyl (C=O) groups excluding carboxylic acids is 3. The highest BCUT2D eigenvalue weighted by atomic mass is 19.4. The van der Waals surface area contributed by atoms with Gasteiger partial charge >= 0.3 is 6.18 Å². The number of aliphatic hydroxyl groups is 3. The van der Waals surface area contributed by atoms with Crippen LogP contribution < -0.4 is 5.73 Å². The van der Waals surface area contributed by atoms with E-state index in [1.165, 1.54) is 0 Å². The minimum Gasteiger partial charge on any atom is -0.510 e. The van der Waals surface area contributed by atoms with Crippen LogP contribution in [0, 0.1) is 11.8 Å². The lowest BCUT2D eigenvalue weighted by atomic mass is 9.58. The third-order valence-corrected chi connectivity index (χ3v) is 7.56. The molecule has 1 aromatic carbocycles. The van der Waals surface area contributed by atoms with E-state index in [4.69, 9.17) is 5.73 Å². The summed E-state index contributed by atoms with van der Waals surface area (Å²) < 4.78 is 41.2. The number of amides is 1. The SMILES string of the molecule is CCN(CC)[C@@H]1C(O)=C(C(N)=O)C(=O)[C@@]2(O)C(O)=C3C(=O)c4c(O)ccc(C(F)(F)F)c4C[C@H]3C[C@@H]12. The minimum absolute atomic E-state index is 0.272. The minimum atomic E-state index is -4.83. The Bertz CT molecular complexity index is 1250. The van der Waals surface area contributed by atoms with Gasteiger partial charge in [-0.05, 0) is 49.5 Å². The summed E-state index contributed by atoms with van der Waals surface area (Å²) in [7, 11) is 0. The number of ketones is 2. The number of fused-ring (bicyclic) bond motifs is 3. The topological polar surface area (TPSA) is 161 Å². The number of primary amides is 1. The van der Waals surface area contributed by atoms with Gasteiger partial charge in [0.1, 0.15) is 22.8 Å². The predicted octanol–water partition coefficient (Wildman–Crippen LogP) is 1.92. The summed E-state index contributed by atoms with van der Waals surface area (Å²) in [5.41, 5.74) is -1.25. The molecular weight excluding hydrogens is 485 g/mol. The molecule has 4 atom stereocenters. The number of benzene rings is 1. The van der Waals surface area contributed by atoms with E-state index in [0.717, 1.165) is 0 Å². The van der Waals surface area contributed by atoms with Crippen LogP contribution in [0.4, 0.5) is 13.2 Å². The molecule has 3 aliphatic rings. The molecule has 36 heavy (non-hydrogen) atoms. The Labute approximate surface area is 203 Å². The van der Waals surface area contributed by atoms with Crippen molar-refractivity contribution in [1.29, 1.82) is 0 Å². The number of phenols is 1. The summed E-state index contributed by atoms with van der Waals surface area (Å²) in [4.78, 5) is 40.3. The van der Waals surface area contributed by atoms with Crippen molar-refractivity contribution in [2.75, 3.05) is 13.1 Å². The van der Waals surface area contributed by atoms with E-state index in [-0.39, 0.29) is 19.5 Å². The van der Waals surface area contributed by atoms with Crippen LogP contribution in [0.5, 0.6) is 5.75 Å². The molecule has 0 saturated carbocycles. The van der Waals surface area contributed by atoms with Crippen LogP contribution >= 0.6 is 0 Å². The van der Waals surface area contributed by atoms with Gasteiger partial charge in [-0.3, -0.25) is 19.3 Å². The molecule has 3 aliphatic carbocycles. The van der Waals surface area contributed by atoms with Crippen LogP contribution in [0.15, 0.2) is 34.8 Å². The number of halogens is 3. The monoisotopic (exact) mass is 510 g/mol. The van der Waals surface area contributed by atoms with E-state index in [1.807, 2.05) is 0 Å². The number of nitrogens with two attached hydrogens (primary N) is 1. The first-order valence-corrected chi connectivity index (χ1v) is 11.4. The van der Waals surface area contributed by atoms with Crippen molar-refractivity contribution in [3.8, 4) is 5.75 Å². The number of aliphatic hydroxyl groups excluding tert-OH is 2. The summed E-state index contributed by atoms with van der Waals surface area (Å²) in [6.45, 7) is 3.96. The molecule has 0 spiro atoms. The highest BCUT2D eigenvalue weighted by Gasteiger charge is 2.63. The fourth-order valence-corrected chi connectivity index (χ4v) is 5.96. The number of phenolic OH excluding ortho intramolecular Hbond substituents is 1. The molecular formula is C24H25F3N2O7. The summed E-state index contributed by atoms with van der Waals surface area (Å²) in [5, 5.41) is 43.9. The van der Waals surface area contributed by atoms with Crippen molar-refractivity contribution in [2.45, 2.75) is 44.5 Å². The number of aromatic hydroxyl groups is 1. The fraction of sp³-hybridized carbons (Fsp3) is 0.458. The number of likely N-dealkylation sites (N-methyl/N-ethyl adjacent to an activating group) is 1. The molecule has 0 bridgehead atoms. The number of nitrogens with zero attached hydrogens (tertiary/aromatic N) is 1. The molecule has 6 N–H and O–H groups in total. The Balaban J connectivity index is 1.99. The van der Waals surface area contributed by atoms with E-state index in [2.05, 4.69) is 0 Å². The molecule has 0 fully saturated rings. The maximum absolute atomic E-state index is 13.7. The van der Waals surface area contributed by atoms with Crippen molar-refractivity contribution in [2.24, 2.45) is 17.6 Å². The van der Waals surface area contributed by atoms with Crippen LogP contribution in [0.2, 0.25) is 0 Å². The number of carbonyl (C=O) groups is 3. The van der Waals surface area contributed by atoms with Gasteiger partial charge in [0.15, 0.2) is 11.4 Å². The summed E-state index contributed by atoms with van der Waals surface area (Å²) >= 11 is 0. The number of alkyl halides is 3. The lowest BCUT2D eigenvalue weighted by Gasteiger charge is -2.51. The van der Waals surface area contributed by atoms with Gasteiger partial charge in [0.25, 0.3) is 5.91 Å². The van der Waals surface area contributed by atoms with E-state index in [1.54, 1.807) is 18.7 Å². The van der Waals surface area contributed by atoms with Crippen LogP contribution in [0.3, 0.4) is 0 Å². The highest BCUT2D eigenvalue weighted by molar-refractivity contribution is 6.24. The first kappa shape index (κ1) is 25.7. The van der Waals surface area contributed by atoms with Gasteiger partial charge in [-0.15, -0.1) is 0 Å². The third-order valence-electron chi connectivity index (χ3n) is 7.56. The maximum Gasteiger partial charge on any atom is 0.416 e. The van der Waals surface area contributed by atoms with Crippen molar-refractivity contribution in [3.63, 3.8) is 0 Å². The number of Topliss-reactive ketones (excluding diaryl/α,β-unsaturated/α-hetero) is 2. The van der Waals surface area contributed by atoms with Crippen molar-refractivity contribution in [1.82, 2.24) is 4.90 Å². The van der Waals surface area contributed by atoms with Crippen molar-refractivity contribution in [3.05, 3.63) is 51.5 Å². The number of rotatable bonds is 4. The van der Waals surface area contributed by atoms with Gasteiger partial charge in [0.2, 0.25) is 5.78 Å². The zero-order valence-electron chi connectivity index (χ0n) is 19.4. The largest absolute Gasteiger partial charge is 0.510 e. The summed E-state index contributed by atoms with van der Waals surface area (Å²) in [6, 6.07) is 0.175. The van der Waals surface area contributed by atoms with Crippen LogP contribution in [-0.4, -0.2) is 67.5 Å². The standard InChI is InChI=1S/C24H25F3N2O7/c1-3-29(4-2)17-12-8-9-7-10-11(24(25,26)27)5-6-13(30)15(10)18(31)14(9)20(33)23(12,36)21(34)16(19(17)32)22(28)35/h5-6,9,12,17,30,32-33,36H,3-4,7-8H2,1-2H3,(H2,28,35)/t9-,12-,17-,23-/m0/s1. The quantitative estimate of drug-likeness (QED) is 0.384. The molecule has 0 radical (unpaired) electrons. The molecule has 4 rings (SSSR count). The maximum atomic E-state index is 13.7. The second-order valence-corrected chi connectivity index (χ2v) is 9.20. The lowest BCUT2D eigenvalue weighted by Crippen LogP contribution is -2.64. The zero-order chi connectivity index (χ0) is 26.9. The lowest BCUT2D eigenvalue weighted by molar-refractivity contribution is -0.149. The third kappa shape index (κ3) is 3.34. The second kappa shape index (κ2) is 8.34. The zero-order valence-corrected chi connectivity index (χ0v) is 19.4. The van der Waals surface area contributed by atoms with E-state index >= 15 is 0 Å². The van der Waals surface area contributed by atoms with Crippen LogP contribution in [0.1, 0.15) is 41.8 Å². The van der Waals surface area contributed by atoms with Gasteiger partial charge in [-0.1, -0.05) is 13.8 Å². The predicted molar refractivity (Wildman–Crippen MR) is 118 cm³/mol. The first-order valence-electron chi connectivity index (χ1n) is 11.4. The Morgan fingerprint density at radius 1 is 1.17 bits per heavy atom. The Kier molecular flexibility index (Phi) is 5.96. The number of hydrogen-bond acceptors (Lipinski definition) is 8. The molecule has 0 aromatic heterocycles. The van der Waals surface area contributed by atoms with Crippen LogP contribution in [0.25, 0.3) is 0 Å². The van der Waals surface area contributed by atoms with Crippen molar-refractivity contribution >= 4 is 17.5 Å². The van der Waals surface area contributed by atoms with Gasteiger partial charge in [0, 0.05) is 11.5 Å². The first-order chi connectivity index (χ1) is 16.7. The average molecular weight is 510 g/mol. The molecule has 9 nitrogen and oxygen atoms in total. The molecule has 0 unspecified atom stereocenters. The summed E-state index contributed by atoms with van der Waals surface area (Å²) in [5.74, 6) is -8.90. The molecule has 0 aliphatic heterocycles. The average Bonchev–Trinajstić information content (AvgIpc) is 2.77. The molecule has 0 heterocycles. The van der Waals surface area contributed by atoms with Gasteiger partial charge in [-0.25, -0.2) is 0 Å². The van der Waals surface area contributed by atoms with E-state index < -0.39 is 98.7 Å². The second-order valence-electron chi connectivity index (χ2n) is 9.20. The van der Waals surface area contributed by atoms with Gasteiger partial charge in [-0.2, -0.15) is 13.2 Å². The van der Waals surface area contributed by atoms with Crippen molar-refractivity contribution < 1.29 is 48.0 Å². The fourth-order valence-electron chi connectivity index (χ4n) is 5.96. The highest BCUT2D eigenvalue weighted by Crippen LogP contribution is 2.53. The molecule has 1 amide bonds. The van der Waals surface area contributed by atoms with Gasteiger partial charge < -0.3 is 26.2 Å². The number of hydrogen-bond donors (Lipinski definition) is 5. The van der Waals surface area contributed by atoms with Gasteiger partial charge in [0.05, 0.1) is 17.2 Å². The smallest absolute Gasteiger partial charge is 0.416 e. The Hall–Kier alpha value is -3.38. The Morgan fingerprint density at radius 3 is 2.31 bits per heavy atom. The molecule has 12 heteroatoms.